The van der Waals surface area contributed by atoms with Crippen LogP contribution in [0, 0.1) is 0 Å². The van der Waals surface area contributed by atoms with Crippen molar-refractivity contribution in [2.45, 2.75) is 138 Å². The van der Waals surface area contributed by atoms with Crippen LogP contribution in [0.25, 0.3) is 158 Å². The second-order valence-corrected chi connectivity index (χ2v) is 37.6. The molecule has 21 aromatic rings. The van der Waals surface area contributed by atoms with Crippen LogP contribution < -0.4 is 0 Å². The first-order chi connectivity index (χ1) is 71.7. The molecule has 0 radical (unpaired) electrons. The minimum absolute atomic E-state index is 0.441. The van der Waals surface area contributed by atoms with E-state index in [-0.39, 0.29) is 0 Å². The van der Waals surface area contributed by atoms with Gasteiger partial charge in [-0.1, -0.05) is 224 Å². The van der Waals surface area contributed by atoms with E-state index in [1.807, 2.05) is 201 Å². The average Bonchev–Trinajstić information content (AvgIpc) is 0.841. The Bertz CT molecular complexity index is 5920. The van der Waals surface area contributed by atoms with Crippen molar-refractivity contribution in [2.75, 3.05) is 0 Å². The molecule has 17 nitrogen and oxygen atoms in total. The van der Waals surface area contributed by atoms with E-state index >= 15 is 0 Å². The Morgan fingerprint density at radius 1 is 0.122 bits per heavy atom. The Kier molecular flexibility index (Phi) is 37.0. The summed E-state index contributed by atoms with van der Waals surface area (Å²) >= 11 is 0. The molecule has 0 fully saturated rings. The fourth-order valence-corrected chi connectivity index (χ4v) is 15.9. The van der Waals surface area contributed by atoms with Crippen LogP contribution in [0.1, 0.15) is 177 Å². The van der Waals surface area contributed by atoms with E-state index in [1.165, 1.54) is 38.9 Å². The number of rotatable bonds is 21. The zero-order chi connectivity index (χ0) is 103. The molecule has 0 aliphatic rings. The topological polar surface area (TPSA) is 219 Å². The molecular weight excluding hydrogens is 1800 g/mol. The predicted molar refractivity (Wildman–Crippen MR) is 602 cm³/mol. The highest BCUT2D eigenvalue weighted by Crippen LogP contribution is 2.37. The van der Waals surface area contributed by atoms with Crippen LogP contribution in [0.3, 0.4) is 0 Å². The zero-order valence-electron chi connectivity index (χ0n) is 85.9. The summed E-state index contributed by atoms with van der Waals surface area (Å²) in [5.74, 6) is 3.20. The van der Waals surface area contributed by atoms with E-state index < -0.39 is 0 Å². The maximum absolute atomic E-state index is 4.86. The molecule has 0 N–H and O–H groups in total. The fourth-order valence-electron chi connectivity index (χ4n) is 15.9. The lowest BCUT2D eigenvalue weighted by Gasteiger charge is -2.12. The summed E-state index contributed by atoms with van der Waals surface area (Å²) < 4.78 is 0. The van der Waals surface area contributed by atoms with Crippen molar-refractivity contribution in [1.29, 1.82) is 0 Å². The van der Waals surface area contributed by atoms with Crippen LogP contribution in [0.2, 0.25) is 0 Å². The summed E-state index contributed by atoms with van der Waals surface area (Å²) in [6, 6.07) is 113. The van der Waals surface area contributed by atoms with Crippen molar-refractivity contribution in [3.05, 3.63) is 490 Å². The van der Waals surface area contributed by atoms with Crippen LogP contribution in [0.4, 0.5) is 0 Å². The van der Waals surface area contributed by atoms with Crippen LogP contribution >= 0.6 is 0 Å². The van der Waals surface area contributed by atoms with Crippen molar-refractivity contribution < 1.29 is 0 Å². The highest BCUT2D eigenvalue weighted by atomic mass is 14.8. The van der Waals surface area contributed by atoms with Gasteiger partial charge in [-0.2, -0.15) is 0 Å². The third kappa shape index (κ3) is 29.8. The molecule has 0 aliphatic heterocycles. The second kappa shape index (κ2) is 52.4. The quantitative estimate of drug-likeness (QED) is 0.0653. The van der Waals surface area contributed by atoms with E-state index in [4.69, 9.17) is 34.9 Å². The normalized spacial score (nSPS) is 10.8. The van der Waals surface area contributed by atoms with E-state index in [1.54, 1.807) is 93.0 Å². The van der Waals surface area contributed by atoms with Crippen molar-refractivity contribution in [1.82, 2.24) is 84.7 Å². The van der Waals surface area contributed by atoms with Gasteiger partial charge in [0, 0.05) is 190 Å². The highest BCUT2D eigenvalue weighted by molar-refractivity contribution is 5.75. The van der Waals surface area contributed by atoms with Crippen molar-refractivity contribution in [2.24, 2.45) is 0 Å². The van der Waals surface area contributed by atoms with Crippen molar-refractivity contribution in [3.8, 4) is 158 Å². The molecule has 0 saturated carbocycles. The molecule has 147 heavy (non-hydrogen) atoms. The molecule has 17 heterocycles. The molecule has 21 rings (SSSR count). The summed E-state index contributed by atoms with van der Waals surface area (Å²) in [6.07, 6.45) is 34.3. The molecule has 0 saturated heterocycles. The van der Waals surface area contributed by atoms with Gasteiger partial charge < -0.3 is 0 Å². The van der Waals surface area contributed by atoms with E-state index in [0.29, 0.717) is 41.4 Å². The van der Waals surface area contributed by atoms with Gasteiger partial charge in [0.05, 0.1) is 85.4 Å². The van der Waals surface area contributed by atoms with Gasteiger partial charge in [-0.25, -0.2) is 34.9 Å². The van der Waals surface area contributed by atoms with E-state index in [0.717, 1.165) is 158 Å². The third-order valence-electron chi connectivity index (χ3n) is 24.5. The molecule has 17 aromatic heterocycles. The third-order valence-corrected chi connectivity index (χ3v) is 24.5. The fraction of sp³-hybridized carbons (Fsp3) is 0.162. The van der Waals surface area contributed by atoms with E-state index in [9.17, 15) is 0 Å². The Morgan fingerprint density at radius 2 is 0.279 bits per heavy atom. The average molecular weight is 1920 g/mol. The van der Waals surface area contributed by atoms with Gasteiger partial charge in [0.2, 0.25) is 0 Å². The van der Waals surface area contributed by atoms with Gasteiger partial charge in [-0.3, -0.25) is 49.8 Å². The number of benzene rings is 4. The first-order valence-corrected chi connectivity index (χ1v) is 50.1. The maximum Gasteiger partial charge on any atom is 0.0896 e. The highest BCUT2D eigenvalue weighted by Gasteiger charge is 2.19. The molecule has 0 amide bonds. The van der Waals surface area contributed by atoms with Crippen LogP contribution in [-0.4, -0.2) is 84.7 Å². The lowest BCUT2D eigenvalue weighted by atomic mass is 9.98. The van der Waals surface area contributed by atoms with Crippen molar-refractivity contribution >= 4 is 0 Å². The minimum atomic E-state index is 0.441. The Hall–Kier alpha value is -17.6. The molecule has 17 heteroatoms. The molecular formula is C130H123N17. The summed E-state index contributed by atoms with van der Waals surface area (Å²) in [4.78, 5) is 75.2. The summed E-state index contributed by atoms with van der Waals surface area (Å²) in [7, 11) is 0. The molecule has 0 spiro atoms. The van der Waals surface area contributed by atoms with Crippen LogP contribution in [0.15, 0.2) is 451 Å². The Labute approximate surface area is 865 Å². The van der Waals surface area contributed by atoms with Gasteiger partial charge in [0.15, 0.2) is 0 Å². The predicted octanol–water partition coefficient (Wildman–Crippen LogP) is 32.7. The number of hydrogen-bond donors (Lipinski definition) is 0. The number of hydrogen-bond acceptors (Lipinski definition) is 17. The molecule has 0 unspecified atom stereocenters. The molecule has 0 bridgehead atoms. The van der Waals surface area contributed by atoms with Gasteiger partial charge >= 0.3 is 0 Å². The Morgan fingerprint density at radius 3 is 0.442 bits per heavy atom. The van der Waals surface area contributed by atoms with Crippen molar-refractivity contribution in [3.63, 3.8) is 0 Å². The summed E-state index contributed by atoms with van der Waals surface area (Å²) in [5.41, 5.74) is 37.9. The molecule has 4 aromatic carbocycles. The lowest BCUT2D eigenvalue weighted by Crippen LogP contribution is -1.96. The van der Waals surface area contributed by atoms with Gasteiger partial charge in [-0.05, 0) is 287 Å². The summed E-state index contributed by atoms with van der Waals surface area (Å²) in [5, 5.41) is 0. The SMILES string of the molecule is CC(C)c1cc(-c2ccccc2)nc(-c2ccccc2)c1.CC(C)c1cc(-c2ccccc2)nc(-c2cccnc2)c1.CC(C)c1cc(-c2ccccc2)nc(-c2ccncc2)c1.CC(C)c1cc(-c2cccnc2)nc(-c2cccnc2)c1.CC(C)c1cc(-c2ccncc2)nc(-c2ccccn2)c1.CC(C)c1cc(-c2ccncc2)nc(-c2cccnc2)c1.CC(C)c1cc(-c2ccncc2)nc(-c2ccncc2)c1. The van der Waals surface area contributed by atoms with E-state index in [2.05, 4.69) is 304 Å². The Balaban J connectivity index is 0.000000129. The molecule has 728 valence electrons. The lowest BCUT2D eigenvalue weighted by molar-refractivity contribution is 0.864. The first-order valence-electron chi connectivity index (χ1n) is 50.1. The number of nitrogens with zero attached hydrogens (tertiary/aromatic N) is 17. The number of pyridine rings is 17. The van der Waals surface area contributed by atoms with Gasteiger partial charge in [0.1, 0.15) is 0 Å². The minimum Gasteiger partial charge on any atom is -0.265 e. The second-order valence-electron chi connectivity index (χ2n) is 37.6. The first kappa shape index (κ1) is 104. The smallest absolute Gasteiger partial charge is 0.0896 e. The molecule has 0 atom stereocenters. The maximum atomic E-state index is 4.86. The zero-order valence-corrected chi connectivity index (χ0v) is 85.9. The number of aromatic nitrogens is 17. The molecule has 0 aliphatic carbocycles. The van der Waals surface area contributed by atoms with Crippen LogP contribution in [0.5, 0.6) is 0 Å². The van der Waals surface area contributed by atoms with Gasteiger partial charge in [-0.15, -0.1) is 0 Å². The summed E-state index contributed by atoms with van der Waals surface area (Å²) in [6.45, 7) is 30.8. The van der Waals surface area contributed by atoms with Gasteiger partial charge in [0.25, 0.3) is 0 Å². The standard InChI is InChI=1S/C20H19N.2C19H18N2.4C18H17N3/c1-15(2)18-13-19(16-9-5-3-6-10-16)21-20(14-18)17-11-7-4-8-12-17;1-14(2)17-11-18(15-7-4-3-5-8-15)21-19(12-17)16-9-6-10-20-13-16;1-14(2)17-12-18(15-6-4-3-5-7-15)21-19(13-17)16-8-10-20-11-9-16;1-13(2)16-11-17(14-3-7-19-8-4-14)21-18(12-16)15-5-9-20-10-6-15;1-13(2)16-9-17(14-5-3-7-19-11-14)21-18(10-16)15-6-4-8-20-12-15;1-13(2)16-10-17(14-5-8-19-9-6-14)21-18(11-16)15-4-3-7-20-12-15;1-13(2)15-11-17(14-6-9-19-10-7-14)21-18(12-15)16-5-3-4-8-20-16/h3-15H,1-2H3;2*3-14H,1-2H3;4*3-13H,1-2H3. The largest absolute Gasteiger partial charge is 0.265 e. The monoisotopic (exact) mass is 1920 g/mol. The van der Waals surface area contributed by atoms with Crippen LogP contribution in [-0.2, 0) is 0 Å².